The summed E-state index contributed by atoms with van der Waals surface area (Å²) in [5, 5.41) is 11.6. The van der Waals surface area contributed by atoms with Crippen LogP contribution in [0.3, 0.4) is 0 Å². The second-order valence-corrected chi connectivity index (χ2v) is 3.76. The fourth-order valence-electron chi connectivity index (χ4n) is 1.18. The number of carbonyl (C=O) groups is 2. The lowest BCUT2D eigenvalue weighted by Gasteiger charge is -2.08. The second-order valence-electron chi connectivity index (χ2n) is 3.35. The highest BCUT2D eigenvalue weighted by molar-refractivity contribution is 6.31. The van der Waals surface area contributed by atoms with Gasteiger partial charge in [-0.15, -0.1) is 0 Å². The highest BCUT2D eigenvalue weighted by atomic mass is 35.5. The van der Waals surface area contributed by atoms with E-state index >= 15 is 0 Å². The minimum Gasteiger partial charge on any atom is -0.481 e. The van der Waals surface area contributed by atoms with Gasteiger partial charge < -0.3 is 10.4 Å². The van der Waals surface area contributed by atoms with Gasteiger partial charge in [0, 0.05) is 17.1 Å². The predicted octanol–water partition coefficient (Wildman–Crippen LogP) is 2.45. The summed E-state index contributed by atoms with van der Waals surface area (Å²) in [6, 6.07) is 5.17. The van der Waals surface area contributed by atoms with E-state index in [1.807, 2.05) is 0 Å². The van der Waals surface area contributed by atoms with Gasteiger partial charge in [-0.25, -0.2) is 0 Å². The third-order valence-corrected chi connectivity index (χ3v) is 2.52. The Bertz CT molecular complexity index is 418. The van der Waals surface area contributed by atoms with Gasteiger partial charge in [0.05, 0.1) is 6.42 Å². The fraction of sp³-hybridized carbons (Fsp3) is 0.273. The van der Waals surface area contributed by atoms with Gasteiger partial charge in [0.1, 0.15) is 0 Å². The molecule has 16 heavy (non-hydrogen) atoms. The molecule has 0 fully saturated rings. The molecule has 4 nitrogen and oxygen atoms in total. The van der Waals surface area contributed by atoms with E-state index in [4.69, 9.17) is 16.7 Å². The van der Waals surface area contributed by atoms with Crippen LogP contribution in [-0.4, -0.2) is 17.0 Å². The molecule has 2 N–H and O–H groups in total. The standard InChI is InChI=1S/C11H12ClNO3/c1-7-8(12)3-2-4-9(7)13-10(14)5-6-11(15)16/h2-4H,5-6H2,1H3,(H,13,14)(H,15,16). The molecule has 0 unspecified atom stereocenters. The molecule has 1 rings (SSSR count). The zero-order valence-electron chi connectivity index (χ0n) is 8.79. The van der Waals surface area contributed by atoms with Crippen molar-refractivity contribution in [2.45, 2.75) is 19.8 Å². The van der Waals surface area contributed by atoms with Gasteiger partial charge >= 0.3 is 5.97 Å². The van der Waals surface area contributed by atoms with Crippen LogP contribution in [0.2, 0.25) is 5.02 Å². The Morgan fingerprint density at radius 2 is 2.06 bits per heavy atom. The molecule has 0 radical (unpaired) electrons. The molecule has 0 aliphatic carbocycles. The Balaban J connectivity index is 2.63. The first-order chi connectivity index (χ1) is 7.50. The Kier molecular flexibility index (Phi) is 4.31. The quantitative estimate of drug-likeness (QED) is 0.851. The molecule has 0 spiro atoms. The van der Waals surface area contributed by atoms with Crippen molar-refractivity contribution in [1.29, 1.82) is 0 Å². The molecule has 0 aromatic heterocycles. The molecular weight excluding hydrogens is 230 g/mol. The average Bonchev–Trinajstić information content (AvgIpc) is 2.22. The first-order valence-electron chi connectivity index (χ1n) is 4.77. The number of amides is 1. The predicted molar refractivity (Wildman–Crippen MR) is 61.7 cm³/mol. The number of hydrogen-bond acceptors (Lipinski definition) is 2. The average molecular weight is 242 g/mol. The van der Waals surface area contributed by atoms with Gasteiger partial charge in [-0.05, 0) is 24.6 Å². The number of halogens is 1. The number of benzene rings is 1. The monoisotopic (exact) mass is 241 g/mol. The Morgan fingerprint density at radius 3 is 2.69 bits per heavy atom. The minimum atomic E-state index is -0.988. The highest BCUT2D eigenvalue weighted by Gasteiger charge is 2.08. The van der Waals surface area contributed by atoms with Gasteiger partial charge in [-0.3, -0.25) is 9.59 Å². The van der Waals surface area contributed by atoms with Crippen LogP contribution in [0.25, 0.3) is 0 Å². The third-order valence-electron chi connectivity index (χ3n) is 2.11. The molecule has 0 aliphatic heterocycles. The number of nitrogens with one attached hydrogen (secondary N) is 1. The fourth-order valence-corrected chi connectivity index (χ4v) is 1.35. The Morgan fingerprint density at radius 1 is 1.38 bits per heavy atom. The third kappa shape index (κ3) is 3.55. The van der Waals surface area contributed by atoms with E-state index in [1.54, 1.807) is 25.1 Å². The van der Waals surface area contributed by atoms with Gasteiger partial charge in [0.25, 0.3) is 0 Å². The lowest BCUT2D eigenvalue weighted by molar-refractivity contribution is -0.138. The SMILES string of the molecule is Cc1c(Cl)cccc1NC(=O)CCC(=O)O. The molecule has 0 saturated heterocycles. The van der Waals surface area contributed by atoms with E-state index in [2.05, 4.69) is 5.32 Å². The topological polar surface area (TPSA) is 66.4 Å². The molecule has 0 atom stereocenters. The van der Waals surface area contributed by atoms with E-state index in [-0.39, 0.29) is 18.7 Å². The van der Waals surface area contributed by atoms with E-state index in [9.17, 15) is 9.59 Å². The van der Waals surface area contributed by atoms with E-state index < -0.39 is 5.97 Å². The lowest BCUT2D eigenvalue weighted by Crippen LogP contribution is -2.13. The first-order valence-corrected chi connectivity index (χ1v) is 5.15. The summed E-state index contributed by atoms with van der Waals surface area (Å²) in [6.07, 6.45) is -0.216. The number of hydrogen-bond donors (Lipinski definition) is 2. The van der Waals surface area contributed by atoms with E-state index in [1.165, 1.54) is 0 Å². The number of aliphatic carboxylic acids is 1. The molecule has 1 amide bonds. The van der Waals surface area contributed by atoms with Crippen molar-refractivity contribution in [1.82, 2.24) is 0 Å². The largest absolute Gasteiger partial charge is 0.481 e. The molecule has 0 bridgehead atoms. The van der Waals surface area contributed by atoms with E-state index in [0.717, 1.165) is 5.56 Å². The second kappa shape index (κ2) is 5.51. The van der Waals surface area contributed by atoms with Gasteiger partial charge in [0.15, 0.2) is 0 Å². The van der Waals surface area contributed by atoms with Crippen LogP contribution < -0.4 is 5.32 Å². The lowest BCUT2D eigenvalue weighted by atomic mass is 10.2. The summed E-state index contributed by atoms with van der Waals surface area (Å²) < 4.78 is 0. The number of carboxylic acid groups (broad SMARTS) is 1. The van der Waals surface area contributed by atoms with Crippen LogP contribution in [-0.2, 0) is 9.59 Å². The Hall–Kier alpha value is -1.55. The first kappa shape index (κ1) is 12.5. The van der Waals surface area contributed by atoms with Crippen molar-refractivity contribution in [3.05, 3.63) is 28.8 Å². The summed E-state index contributed by atoms with van der Waals surface area (Å²) >= 11 is 5.88. The van der Waals surface area contributed by atoms with Crippen LogP contribution in [0, 0.1) is 6.92 Å². The van der Waals surface area contributed by atoms with Crippen LogP contribution in [0.1, 0.15) is 18.4 Å². The molecule has 1 aromatic rings. The molecule has 5 heteroatoms. The molecule has 0 aliphatic rings. The molecule has 0 saturated carbocycles. The summed E-state index contributed by atoms with van der Waals surface area (Å²) in [5.74, 6) is -1.31. The van der Waals surface area contributed by atoms with Crippen molar-refractivity contribution in [2.24, 2.45) is 0 Å². The van der Waals surface area contributed by atoms with Gasteiger partial charge in [-0.1, -0.05) is 17.7 Å². The maximum Gasteiger partial charge on any atom is 0.303 e. The summed E-state index contributed by atoms with van der Waals surface area (Å²) in [7, 11) is 0. The van der Waals surface area contributed by atoms with Crippen molar-refractivity contribution in [3.63, 3.8) is 0 Å². The van der Waals surface area contributed by atoms with Gasteiger partial charge in [0.2, 0.25) is 5.91 Å². The smallest absolute Gasteiger partial charge is 0.303 e. The number of anilines is 1. The van der Waals surface area contributed by atoms with Crippen LogP contribution in [0.15, 0.2) is 18.2 Å². The number of carbonyl (C=O) groups excluding carboxylic acids is 1. The molecular formula is C11H12ClNO3. The zero-order valence-corrected chi connectivity index (χ0v) is 9.54. The molecule has 1 aromatic carbocycles. The zero-order chi connectivity index (χ0) is 12.1. The normalized spacial score (nSPS) is 9.88. The molecule has 0 heterocycles. The van der Waals surface area contributed by atoms with Gasteiger partial charge in [-0.2, -0.15) is 0 Å². The summed E-state index contributed by atoms with van der Waals surface area (Å²) in [5.41, 5.74) is 1.38. The van der Waals surface area contributed by atoms with Crippen molar-refractivity contribution in [2.75, 3.05) is 5.32 Å². The number of carboxylic acids is 1. The van der Waals surface area contributed by atoms with Crippen molar-refractivity contribution < 1.29 is 14.7 Å². The highest BCUT2D eigenvalue weighted by Crippen LogP contribution is 2.22. The van der Waals surface area contributed by atoms with E-state index in [0.29, 0.717) is 10.7 Å². The maximum atomic E-state index is 11.4. The Labute approximate surface area is 98.2 Å². The summed E-state index contributed by atoms with van der Waals surface area (Å²) in [6.45, 7) is 1.79. The van der Waals surface area contributed by atoms with Crippen molar-refractivity contribution in [3.8, 4) is 0 Å². The van der Waals surface area contributed by atoms with Crippen LogP contribution in [0.4, 0.5) is 5.69 Å². The summed E-state index contributed by atoms with van der Waals surface area (Å²) in [4.78, 5) is 21.6. The van der Waals surface area contributed by atoms with Crippen LogP contribution >= 0.6 is 11.6 Å². The maximum absolute atomic E-state index is 11.4. The van der Waals surface area contributed by atoms with Crippen LogP contribution in [0.5, 0.6) is 0 Å². The number of rotatable bonds is 4. The van der Waals surface area contributed by atoms with Crippen molar-refractivity contribution >= 4 is 29.2 Å². The minimum absolute atomic E-state index is 0.0404. The molecule has 86 valence electrons.